The van der Waals surface area contributed by atoms with Gasteiger partial charge in [0.05, 0.1) is 10.5 Å². The number of benzene rings is 2. The van der Waals surface area contributed by atoms with Gasteiger partial charge in [0.25, 0.3) is 5.91 Å². The summed E-state index contributed by atoms with van der Waals surface area (Å²) in [6, 6.07) is 9.35. The molecule has 138 valence electrons. The Balaban J connectivity index is 1.72. The SMILES string of the molecule is Cc1cc(S(=O)(=O)N2CCN(C(=O)c3ccccc3F)CC2)ccc1F. The summed E-state index contributed by atoms with van der Waals surface area (Å²) in [4.78, 5) is 13.9. The van der Waals surface area contributed by atoms with Crippen LogP contribution < -0.4 is 0 Å². The van der Waals surface area contributed by atoms with E-state index in [1.807, 2.05) is 0 Å². The van der Waals surface area contributed by atoms with Crippen LogP contribution in [0, 0.1) is 18.6 Å². The molecule has 0 unspecified atom stereocenters. The highest BCUT2D eigenvalue weighted by molar-refractivity contribution is 7.89. The van der Waals surface area contributed by atoms with E-state index in [0.717, 1.165) is 6.07 Å². The fraction of sp³-hybridized carbons (Fsp3) is 0.278. The Kier molecular flexibility index (Phi) is 5.06. The zero-order valence-electron chi connectivity index (χ0n) is 14.2. The second-order valence-electron chi connectivity index (χ2n) is 6.09. The van der Waals surface area contributed by atoms with Gasteiger partial charge in [-0.15, -0.1) is 0 Å². The zero-order chi connectivity index (χ0) is 18.9. The normalized spacial score (nSPS) is 15.9. The summed E-state index contributed by atoms with van der Waals surface area (Å²) in [5, 5.41) is 0. The van der Waals surface area contributed by atoms with Crippen LogP contribution in [0.2, 0.25) is 0 Å². The second kappa shape index (κ2) is 7.13. The average Bonchev–Trinajstić information content (AvgIpc) is 2.64. The maximum Gasteiger partial charge on any atom is 0.256 e. The summed E-state index contributed by atoms with van der Waals surface area (Å²) in [5.41, 5.74) is 0.220. The summed E-state index contributed by atoms with van der Waals surface area (Å²) in [7, 11) is -3.77. The Morgan fingerprint density at radius 2 is 1.62 bits per heavy atom. The van der Waals surface area contributed by atoms with E-state index in [0.29, 0.717) is 0 Å². The minimum absolute atomic E-state index is 0.0188. The molecule has 5 nitrogen and oxygen atoms in total. The van der Waals surface area contributed by atoms with Crippen LogP contribution in [0.4, 0.5) is 8.78 Å². The number of aryl methyl sites for hydroxylation is 1. The lowest BCUT2D eigenvalue weighted by molar-refractivity contribution is 0.0693. The molecule has 1 fully saturated rings. The topological polar surface area (TPSA) is 57.7 Å². The molecular formula is C18H18F2N2O3S. The van der Waals surface area contributed by atoms with Crippen molar-refractivity contribution in [2.75, 3.05) is 26.2 Å². The molecule has 2 aromatic rings. The first-order valence-electron chi connectivity index (χ1n) is 8.11. The predicted molar refractivity (Wildman–Crippen MR) is 92.2 cm³/mol. The Morgan fingerprint density at radius 1 is 0.962 bits per heavy atom. The molecular weight excluding hydrogens is 362 g/mol. The molecule has 3 rings (SSSR count). The van der Waals surface area contributed by atoms with Gasteiger partial charge in [-0.3, -0.25) is 4.79 Å². The average molecular weight is 380 g/mol. The fourth-order valence-electron chi connectivity index (χ4n) is 2.86. The second-order valence-corrected chi connectivity index (χ2v) is 8.03. The molecule has 0 aliphatic carbocycles. The van der Waals surface area contributed by atoms with E-state index >= 15 is 0 Å². The van der Waals surface area contributed by atoms with Gasteiger partial charge >= 0.3 is 0 Å². The molecule has 1 heterocycles. The van der Waals surface area contributed by atoms with Crippen molar-refractivity contribution in [1.82, 2.24) is 9.21 Å². The van der Waals surface area contributed by atoms with Gasteiger partial charge in [0.1, 0.15) is 11.6 Å². The van der Waals surface area contributed by atoms with E-state index in [1.54, 1.807) is 6.07 Å². The van der Waals surface area contributed by atoms with Crippen molar-refractivity contribution in [3.63, 3.8) is 0 Å². The Morgan fingerprint density at radius 3 is 2.23 bits per heavy atom. The summed E-state index contributed by atoms with van der Waals surface area (Å²) >= 11 is 0. The minimum Gasteiger partial charge on any atom is -0.336 e. The lowest BCUT2D eigenvalue weighted by atomic mass is 10.1. The molecule has 0 bridgehead atoms. The van der Waals surface area contributed by atoms with E-state index in [4.69, 9.17) is 0 Å². The van der Waals surface area contributed by atoms with Crippen LogP contribution in [0.3, 0.4) is 0 Å². The van der Waals surface area contributed by atoms with Crippen molar-refractivity contribution < 1.29 is 22.0 Å². The van der Waals surface area contributed by atoms with E-state index in [-0.39, 0.29) is 42.2 Å². The van der Waals surface area contributed by atoms with Gasteiger partial charge in [-0.05, 0) is 42.8 Å². The van der Waals surface area contributed by atoms with Crippen LogP contribution in [0.1, 0.15) is 15.9 Å². The highest BCUT2D eigenvalue weighted by Gasteiger charge is 2.31. The van der Waals surface area contributed by atoms with Crippen LogP contribution in [-0.2, 0) is 10.0 Å². The lowest BCUT2D eigenvalue weighted by Crippen LogP contribution is -2.50. The number of hydrogen-bond donors (Lipinski definition) is 0. The van der Waals surface area contributed by atoms with Crippen molar-refractivity contribution in [2.45, 2.75) is 11.8 Å². The number of rotatable bonds is 3. The summed E-state index contributed by atoms with van der Waals surface area (Å²) in [5.74, 6) is -1.53. The van der Waals surface area contributed by atoms with Crippen molar-refractivity contribution in [3.05, 3.63) is 65.2 Å². The van der Waals surface area contributed by atoms with Crippen LogP contribution in [0.15, 0.2) is 47.4 Å². The van der Waals surface area contributed by atoms with Crippen molar-refractivity contribution in [1.29, 1.82) is 0 Å². The Hall–Kier alpha value is -2.32. The van der Waals surface area contributed by atoms with Gasteiger partial charge in [0, 0.05) is 26.2 Å². The van der Waals surface area contributed by atoms with Crippen molar-refractivity contribution in [2.24, 2.45) is 0 Å². The number of carbonyl (C=O) groups excluding carboxylic acids is 1. The van der Waals surface area contributed by atoms with Gasteiger partial charge < -0.3 is 4.90 Å². The molecule has 0 spiro atoms. The van der Waals surface area contributed by atoms with Crippen molar-refractivity contribution in [3.8, 4) is 0 Å². The van der Waals surface area contributed by atoms with E-state index in [2.05, 4.69) is 0 Å². The first-order valence-corrected chi connectivity index (χ1v) is 9.55. The number of sulfonamides is 1. The third kappa shape index (κ3) is 3.47. The molecule has 0 saturated carbocycles. The number of nitrogens with zero attached hydrogens (tertiary/aromatic N) is 2. The minimum atomic E-state index is -3.77. The summed E-state index contributed by atoms with van der Waals surface area (Å²) < 4.78 is 53.8. The molecule has 0 N–H and O–H groups in total. The number of hydrogen-bond acceptors (Lipinski definition) is 3. The first-order chi connectivity index (χ1) is 12.3. The van der Waals surface area contributed by atoms with E-state index in [9.17, 15) is 22.0 Å². The predicted octanol–water partition coefficient (Wildman–Crippen LogP) is 2.42. The number of piperazine rings is 1. The van der Waals surface area contributed by atoms with Crippen molar-refractivity contribution >= 4 is 15.9 Å². The maximum absolute atomic E-state index is 13.8. The highest BCUT2D eigenvalue weighted by Crippen LogP contribution is 2.21. The Bertz CT molecular complexity index is 939. The highest BCUT2D eigenvalue weighted by atomic mass is 32.2. The number of carbonyl (C=O) groups is 1. The molecule has 0 atom stereocenters. The molecule has 1 amide bonds. The Labute approximate surface area is 150 Å². The van der Waals surface area contributed by atoms with Crippen LogP contribution >= 0.6 is 0 Å². The number of halogens is 2. The molecule has 1 aliphatic heterocycles. The van der Waals surface area contributed by atoms with Crippen LogP contribution in [0.25, 0.3) is 0 Å². The summed E-state index contributed by atoms with van der Waals surface area (Å²) in [6.45, 7) is 2.01. The summed E-state index contributed by atoms with van der Waals surface area (Å²) in [6.07, 6.45) is 0. The van der Waals surface area contributed by atoms with Gasteiger partial charge in [0.2, 0.25) is 10.0 Å². The standard InChI is InChI=1S/C18H18F2N2O3S/c1-13-12-14(6-7-16(13)19)26(24,25)22-10-8-21(9-11-22)18(23)15-4-2-3-5-17(15)20/h2-7,12H,8-11H2,1H3. The molecule has 1 saturated heterocycles. The van der Waals surface area contributed by atoms with Crippen LogP contribution in [0.5, 0.6) is 0 Å². The molecule has 26 heavy (non-hydrogen) atoms. The monoisotopic (exact) mass is 380 g/mol. The molecule has 0 aromatic heterocycles. The van der Waals surface area contributed by atoms with Gasteiger partial charge in [-0.25, -0.2) is 17.2 Å². The van der Waals surface area contributed by atoms with E-state index < -0.39 is 27.6 Å². The molecule has 0 radical (unpaired) electrons. The third-order valence-electron chi connectivity index (χ3n) is 4.40. The van der Waals surface area contributed by atoms with E-state index in [1.165, 1.54) is 46.5 Å². The van der Waals surface area contributed by atoms with Gasteiger partial charge in [-0.1, -0.05) is 12.1 Å². The fourth-order valence-corrected chi connectivity index (χ4v) is 4.37. The molecule has 1 aliphatic rings. The lowest BCUT2D eigenvalue weighted by Gasteiger charge is -2.34. The van der Waals surface area contributed by atoms with Gasteiger partial charge in [0.15, 0.2) is 0 Å². The third-order valence-corrected chi connectivity index (χ3v) is 6.29. The quantitative estimate of drug-likeness (QED) is 0.822. The van der Waals surface area contributed by atoms with Crippen LogP contribution in [-0.4, -0.2) is 49.7 Å². The maximum atomic E-state index is 13.8. The smallest absolute Gasteiger partial charge is 0.256 e. The first kappa shape index (κ1) is 18.5. The molecule has 8 heteroatoms. The molecule has 2 aromatic carbocycles. The largest absolute Gasteiger partial charge is 0.336 e. The van der Waals surface area contributed by atoms with Gasteiger partial charge in [-0.2, -0.15) is 4.31 Å². The number of amides is 1. The zero-order valence-corrected chi connectivity index (χ0v) is 15.0.